The van der Waals surface area contributed by atoms with Gasteiger partial charge in [-0.15, -0.1) is 0 Å². The minimum Gasteiger partial charge on any atom is -0.312 e. The van der Waals surface area contributed by atoms with E-state index in [4.69, 9.17) is 23.2 Å². The van der Waals surface area contributed by atoms with Crippen LogP contribution in [0.2, 0.25) is 10.0 Å². The molecule has 0 radical (unpaired) electrons. The highest BCUT2D eigenvalue weighted by Gasteiger charge is 2.53. The highest BCUT2D eigenvalue weighted by Crippen LogP contribution is 2.35. The van der Waals surface area contributed by atoms with Crippen LogP contribution in [-0.2, 0) is 11.2 Å². The summed E-state index contributed by atoms with van der Waals surface area (Å²) in [5, 5.41) is 0.736. The molecule has 1 aliphatic rings. The number of hydrogen-bond donors (Lipinski definition) is 0. The van der Waals surface area contributed by atoms with E-state index in [0.29, 0.717) is 22.2 Å². The molecule has 0 spiro atoms. The number of halogens is 3. The molecule has 1 aliphatic heterocycles. The summed E-state index contributed by atoms with van der Waals surface area (Å²) in [6.07, 6.45) is 0.409. The number of nitrogens with zero attached hydrogens (tertiary/aromatic N) is 2. The normalized spacial score (nSPS) is 20.5. The Labute approximate surface area is 164 Å². The fraction of sp³-hybridized carbons (Fsp3) is 0.222. The first-order valence-electron chi connectivity index (χ1n) is 7.55. The van der Waals surface area contributed by atoms with Crippen LogP contribution < -0.4 is 4.90 Å². The first-order valence-corrected chi connectivity index (χ1v) is 9.10. The van der Waals surface area contributed by atoms with E-state index in [1.54, 1.807) is 32.2 Å². The van der Waals surface area contributed by atoms with Crippen molar-refractivity contribution in [1.82, 2.24) is 4.90 Å². The number of amides is 3. The van der Waals surface area contributed by atoms with E-state index in [9.17, 15) is 9.59 Å². The number of anilines is 1. The molecular formula is C18H15BrCl2N2O2. The number of carbonyl (C=O) groups is 2. The molecule has 7 heteroatoms. The zero-order valence-corrected chi connectivity index (χ0v) is 16.7. The van der Waals surface area contributed by atoms with Crippen LogP contribution in [0.5, 0.6) is 0 Å². The Morgan fingerprint density at radius 1 is 1.04 bits per heavy atom. The Kier molecular flexibility index (Phi) is 4.84. The Morgan fingerprint density at radius 3 is 2.16 bits per heavy atom. The van der Waals surface area contributed by atoms with E-state index in [0.717, 1.165) is 14.9 Å². The minimum absolute atomic E-state index is 0.304. The Balaban J connectivity index is 1.98. The average Bonchev–Trinajstić information content (AvgIpc) is 2.70. The number of benzene rings is 2. The summed E-state index contributed by atoms with van der Waals surface area (Å²) < 4.78 is 0.957. The van der Waals surface area contributed by atoms with E-state index >= 15 is 0 Å². The highest BCUT2D eigenvalue weighted by atomic mass is 79.9. The van der Waals surface area contributed by atoms with Gasteiger partial charge in [-0.3, -0.25) is 4.79 Å². The standard InChI is InChI=1S/C18H15BrCl2N2O2/c1-18(10-11-3-5-12(19)6-4-11)16(24)23(17(25)22(18)2)15-8-13(20)7-14(21)9-15/h3-9H,10H2,1-2H3/t18-/m0/s1. The zero-order chi connectivity index (χ0) is 18.4. The van der Waals surface area contributed by atoms with Crippen molar-refractivity contribution in [2.75, 3.05) is 11.9 Å². The molecule has 0 bridgehead atoms. The summed E-state index contributed by atoms with van der Waals surface area (Å²) in [6.45, 7) is 1.77. The van der Waals surface area contributed by atoms with Crippen LogP contribution in [0.3, 0.4) is 0 Å². The smallest absolute Gasteiger partial charge is 0.312 e. The van der Waals surface area contributed by atoms with Crippen molar-refractivity contribution >= 4 is 56.8 Å². The van der Waals surface area contributed by atoms with Crippen molar-refractivity contribution < 1.29 is 9.59 Å². The second-order valence-electron chi connectivity index (χ2n) is 6.19. The summed E-state index contributed by atoms with van der Waals surface area (Å²) in [7, 11) is 1.63. The summed E-state index contributed by atoms with van der Waals surface area (Å²) in [5.74, 6) is -0.304. The minimum atomic E-state index is -0.986. The number of urea groups is 1. The number of imide groups is 1. The van der Waals surface area contributed by atoms with Crippen molar-refractivity contribution in [3.05, 3.63) is 62.5 Å². The molecule has 0 aromatic heterocycles. The van der Waals surface area contributed by atoms with Crippen molar-refractivity contribution in [1.29, 1.82) is 0 Å². The van der Waals surface area contributed by atoms with Crippen LogP contribution in [0.4, 0.5) is 10.5 Å². The van der Waals surface area contributed by atoms with Gasteiger partial charge < -0.3 is 4.90 Å². The monoisotopic (exact) mass is 440 g/mol. The van der Waals surface area contributed by atoms with Gasteiger partial charge in [0.15, 0.2) is 0 Å². The van der Waals surface area contributed by atoms with Crippen molar-refractivity contribution in [3.63, 3.8) is 0 Å². The molecule has 1 atom stereocenters. The van der Waals surface area contributed by atoms with E-state index < -0.39 is 11.6 Å². The third kappa shape index (κ3) is 3.28. The molecule has 0 saturated carbocycles. The maximum absolute atomic E-state index is 13.1. The van der Waals surface area contributed by atoms with Gasteiger partial charge in [-0.2, -0.15) is 0 Å². The third-order valence-electron chi connectivity index (χ3n) is 4.45. The fourth-order valence-electron chi connectivity index (χ4n) is 2.92. The molecule has 2 aromatic rings. The molecule has 130 valence electrons. The predicted octanol–water partition coefficient (Wildman–Crippen LogP) is 5.16. The molecule has 1 fully saturated rings. The van der Waals surface area contributed by atoms with Gasteiger partial charge in [0.25, 0.3) is 5.91 Å². The van der Waals surface area contributed by atoms with Crippen LogP contribution in [0.25, 0.3) is 0 Å². The molecule has 3 amide bonds. The number of likely N-dealkylation sites (N-methyl/N-ethyl adjacent to an activating group) is 1. The van der Waals surface area contributed by atoms with Gasteiger partial charge in [-0.05, 0) is 42.8 Å². The molecule has 25 heavy (non-hydrogen) atoms. The van der Waals surface area contributed by atoms with Gasteiger partial charge >= 0.3 is 6.03 Å². The largest absolute Gasteiger partial charge is 0.332 e. The van der Waals surface area contributed by atoms with Gasteiger partial charge in [0, 0.05) is 28.0 Å². The molecule has 2 aromatic carbocycles. The molecule has 0 unspecified atom stereocenters. The lowest BCUT2D eigenvalue weighted by atomic mass is 9.91. The van der Waals surface area contributed by atoms with E-state index in [1.165, 1.54) is 4.90 Å². The molecule has 1 saturated heterocycles. The van der Waals surface area contributed by atoms with Crippen LogP contribution in [0.15, 0.2) is 46.9 Å². The highest BCUT2D eigenvalue weighted by molar-refractivity contribution is 9.10. The van der Waals surface area contributed by atoms with Gasteiger partial charge in [-0.25, -0.2) is 9.69 Å². The Bertz CT molecular complexity index is 836. The fourth-order valence-corrected chi connectivity index (χ4v) is 3.70. The number of hydrogen-bond acceptors (Lipinski definition) is 2. The Hall–Kier alpha value is -1.56. The van der Waals surface area contributed by atoms with Crippen LogP contribution >= 0.6 is 39.1 Å². The number of carbonyl (C=O) groups excluding carboxylic acids is 2. The second kappa shape index (κ2) is 6.63. The van der Waals surface area contributed by atoms with Crippen molar-refractivity contribution in [2.45, 2.75) is 18.9 Å². The number of rotatable bonds is 3. The van der Waals surface area contributed by atoms with Gasteiger partial charge in [0.1, 0.15) is 5.54 Å². The van der Waals surface area contributed by atoms with Gasteiger partial charge in [0.2, 0.25) is 0 Å². The first-order chi connectivity index (χ1) is 11.7. The SMILES string of the molecule is CN1C(=O)N(c2cc(Cl)cc(Cl)c2)C(=O)[C@]1(C)Cc1ccc(Br)cc1. The summed E-state index contributed by atoms with van der Waals surface area (Å²) in [6, 6.07) is 12.0. The predicted molar refractivity (Wildman–Crippen MR) is 103 cm³/mol. The van der Waals surface area contributed by atoms with E-state index in [-0.39, 0.29) is 5.91 Å². The summed E-state index contributed by atoms with van der Waals surface area (Å²) in [4.78, 5) is 28.4. The first kappa shape index (κ1) is 18.2. The molecular weight excluding hydrogens is 427 g/mol. The van der Waals surface area contributed by atoms with E-state index in [1.807, 2.05) is 24.3 Å². The molecule has 0 aliphatic carbocycles. The topological polar surface area (TPSA) is 40.6 Å². The quantitative estimate of drug-likeness (QED) is 0.617. The summed E-state index contributed by atoms with van der Waals surface area (Å²) >= 11 is 15.4. The molecule has 3 rings (SSSR count). The van der Waals surface area contributed by atoms with E-state index in [2.05, 4.69) is 15.9 Å². The maximum atomic E-state index is 13.1. The van der Waals surface area contributed by atoms with Crippen LogP contribution in [0, 0.1) is 0 Å². The zero-order valence-electron chi connectivity index (χ0n) is 13.6. The average molecular weight is 442 g/mol. The third-order valence-corrected chi connectivity index (χ3v) is 5.41. The molecule has 0 N–H and O–H groups in total. The lowest BCUT2D eigenvalue weighted by Crippen LogP contribution is -2.47. The van der Waals surface area contributed by atoms with Gasteiger partial charge in [0.05, 0.1) is 5.69 Å². The lowest BCUT2D eigenvalue weighted by molar-refractivity contribution is -0.123. The molecule has 4 nitrogen and oxygen atoms in total. The van der Waals surface area contributed by atoms with Crippen molar-refractivity contribution in [2.24, 2.45) is 0 Å². The molecule has 1 heterocycles. The summed E-state index contributed by atoms with van der Waals surface area (Å²) in [5.41, 5.74) is 0.350. The van der Waals surface area contributed by atoms with Crippen LogP contribution in [-0.4, -0.2) is 29.4 Å². The lowest BCUT2D eigenvalue weighted by Gasteiger charge is -2.28. The van der Waals surface area contributed by atoms with Gasteiger partial charge in [-0.1, -0.05) is 51.3 Å². The maximum Gasteiger partial charge on any atom is 0.332 e. The Morgan fingerprint density at radius 2 is 1.60 bits per heavy atom. The van der Waals surface area contributed by atoms with Crippen molar-refractivity contribution in [3.8, 4) is 0 Å². The van der Waals surface area contributed by atoms with Crippen LogP contribution in [0.1, 0.15) is 12.5 Å². The second-order valence-corrected chi connectivity index (χ2v) is 7.98.